The van der Waals surface area contributed by atoms with E-state index in [1.54, 1.807) is 18.3 Å². The van der Waals surface area contributed by atoms with E-state index in [1.165, 1.54) is 7.11 Å². The molecule has 0 aromatic carbocycles. The fourth-order valence-electron chi connectivity index (χ4n) is 2.26. The zero-order chi connectivity index (χ0) is 13.0. The van der Waals surface area contributed by atoms with Crippen molar-refractivity contribution in [2.45, 2.75) is 25.4 Å². The molecule has 1 saturated carbocycles. The molecule has 1 aromatic rings. The number of aliphatic hydroxyl groups is 1. The van der Waals surface area contributed by atoms with Crippen molar-refractivity contribution in [2.24, 2.45) is 5.92 Å². The molecule has 5 heteroatoms. The monoisotopic (exact) mass is 250 g/mol. The van der Waals surface area contributed by atoms with E-state index in [0.29, 0.717) is 12.5 Å². The summed E-state index contributed by atoms with van der Waals surface area (Å²) in [6.45, 7) is 0.714. The van der Waals surface area contributed by atoms with Crippen molar-refractivity contribution >= 4 is 11.7 Å². The second-order valence-electron chi connectivity index (χ2n) is 4.56. The summed E-state index contributed by atoms with van der Waals surface area (Å²) in [5, 5.41) is 12.9. The quantitative estimate of drug-likeness (QED) is 0.791. The van der Waals surface area contributed by atoms with Gasteiger partial charge < -0.3 is 15.2 Å². The molecule has 2 N–H and O–H groups in total. The van der Waals surface area contributed by atoms with Crippen LogP contribution in [0, 0.1) is 5.92 Å². The summed E-state index contributed by atoms with van der Waals surface area (Å²) in [7, 11) is 1.33. The molecule has 0 radical (unpaired) electrons. The van der Waals surface area contributed by atoms with Gasteiger partial charge in [0.25, 0.3) is 0 Å². The highest BCUT2D eigenvalue weighted by Gasteiger charge is 2.24. The van der Waals surface area contributed by atoms with E-state index >= 15 is 0 Å². The molecule has 1 aliphatic carbocycles. The number of hydrogen-bond donors (Lipinski definition) is 2. The fourth-order valence-corrected chi connectivity index (χ4v) is 2.26. The predicted molar refractivity (Wildman–Crippen MR) is 67.4 cm³/mol. The van der Waals surface area contributed by atoms with Crippen LogP contribution in [0.5, 0.6) is 0 Å². The van der Waals surface area contributed by atoms with Crippen LogP contribution in [0.4, 0.5) is 5.69 Å². The maximum absolute atomic E-state index is 11.3. The first kappa shape index (κ1) is 12.8. The van der Waals surface area contributed by atoms with Crippen LogP contribution in [0.1, 0.15) is 29.8 Å². The maximum Gasteiger partial charge on any atom is 0.356 e. The van der Waals surface area contributed by atoms with Crippen molar-refractivity contribution in [3.63, 3.8) is 0 Å². The van der Waals surface area contributed by atoms with Crippen LogP contribution in [-0.4, -0.2) is 35.8 Å². The number of carbonyl (C=O) groups is 1. The van der Waals surface area contributed by atoms with Crippen molar-refractivity contribution in [1.82, 2.24) is 4.98 Å². The van der Waals surface area contributed by atoms with Gasteiger partial charge in [-0.1, -0.05) is 6.42 Å². The lowest BCUT2D eigenvalue weighted by Gasteiger charge is -2.16. The Hall–Kier alpha value is -1.62. The summed E-state index contributed by atoms with van der Waals surface area (Å²) in [6.07, 6.45) is 4.37. The first-order valence-corrected chi connectivity index (χ1v) is 6.17. The highest BCUT2D eigenvalue weighted by molar-refractivity contribution is 5.88. The van der Waals surface area contributed by atoms with Gasteiger partial charge in [0.15, 0.2) is 0 Å². The van der Waals surface area contributed by atoms with E-state index in [2.05, 4.69) is 15.0 Å². The molecule has 0 amide bonds. The molecule has 0 aliphatic heterocycles. The Morgan fingerprint density at radius 2 is 2.44 bits per heavy atom. The second-order valence-corrected chi connectivity index (χ2v) is 4.56. The Labute approximate surface area is 106 Å². The molecular weight excluding hydrogens is 232 g/mol. The molecule has 2 atom stereocenters. The minimum absolute atomic E-state index is 0.209. The normalized spacial score (nSPS) is 22.8. The lowest BCUT2D eigenvalue weighted by atomic mass is 10.1. The Morgan fingerprint density at radius 1 is 1.61 bits per heavy atom. The van der Waals surface area contributed by atoms with Crippen molar-refractivity contribution in [3.05, 3.63) is 24.0 Å². The van der Waals surface area contributed by atoms with Crippen LogP contribution < -0.4 is 5.32 Å². The molecule has 0 spiro atoms. The molecule has 2 unspecified atom stereocenters. The summed E-state index contributed by atoms with van der Waals surface area (Å²) in [5.41, 5.74) is 1.11. The van der Waals surface area contributed by atoms with E-state index in [4.69, 9.17) is 0 Å². The van der Waals surface area contributed by atoms with E-state index in [1.807, 2.05) is 0 Å². The number of methoxy groups -OCH3 is 1. The van der Waals surface area contributed by atoms with Gasteiger partial charge in [0.1, 0.15) is 5.69 Å². The summed E-state index contributed by atoms with van der Waals surface area (Å²) in [5.74, 6) is -0.153. The third-order valence-corrected chi connectivity index (χ3v) is 3.34. The molecule has 1 heterocycles. The zero-order valence-corrected chi connectivity index (χ0v) is 10.4. The molecule has 1 aromatic heterocycles. The average Bonchev–Trinajstić information content (AvgIpc) is 2.81. The number of ether oxygens (including phenoxy) is 1. The van der Waals surface area contributed by atoms with Gasteiger partial charge in [-0.2, -0.15) is 0 Å². The second kappa shape index (κ2) is 5.82. The van der Waals surface area contributed by atoms with Crippen molar-refractivity contribution in [2.75, 3.05) is 19.0 Å². The van der Waals surface area contributed by atoms with Crippen LogP contribution in [0.2, 0.25) is 0 Å². The van der Waals surface area contributed by atoms with Gasteiger partial charge >= 0.3 is 5.97 Å². The van der Waals surface area contributed by atoms with Gasteiger partial charge in [-0.3, -0.25) is 0 Å². The van der Waals surface area contributed by atoms with Crippen LogP contribution in [0.3, 0.4) is 0 Å². The lowest BCUT2D eigenvalue weighted by molar-refractivity contribution is 0.0594. The van der Waals surface area contributed by atoms with E-state index in [0.717, 1.165) is 24.9 Å². The first-order chi connectivity index (χ1) is 8.70. The van der Waals surface area contributed by atoms with E-state index in [-0.39, 0.29) is 11.8 Å². The number of hydrogen-bond acceptors (Lipinski definition) is 5. The van der Waals surface area contributed by atoms with Crippen molar-refractivity contribution < 1.29 is 14.6 Å². The number of carbonyl (C=O) groups excluding carboxylic acids is 1. The molecule has 98 valence electrons. The molecule has 0 bridgehead atoms. The summed E-state index contributed by atoms with van der Waals surface area (Å²) < 4.78 is 4.62. The van der Waals surface area contributed by atoms with Crippen LogP contribution in [0.25, 0.3) is 0 Å². The van der Waals surface area contributed by atoms with Crippen molar-refractivity contribution in [3.8, 4) is 0 Å². The molecule has 18 heavy (non-hydrogen) atoms. The molecular formula is C13H18N2O3. The summed E-state index contributed by atoms with van der Waals surface area (Å²) in [6, 6.07) is 3.46. The van der Waals surface area contributed by atoms with Gasteiger partial charge in [-0.05, 0) is 25.0 Å². The number of esters is 1. The van der Waals surface area contributed by atoms with Gasteiger partial charge in [-0.25, -0.2) is 9.78 Å². The van der Waals surface area contributed by atoms with Crippen LogP contribution >= 0.6 is 0 Å². The minimum Gasteiger partial charge on any atom is -0.464 e. The molecule has 1 fully saturated rings. The van der Waals surface area contributed by atoms with Crippen molar-refractivity contribution in [1.29, 1.82) is 0 Å². The van der Waals surface area contributed by atoms with Crippen LogP contribution in [-0.2, 0) is 4.74 Å². The molecule has 1 aliphatic rings. The van der Waals surface area contributed by atoms with Crippen LogP contribution in [0.15, 0.2) is 18.3 Å². The van der Waals surface area contributed by atoms with Gasteiger partial charge in [0, 0.05) is 24.3 Å². The number of rotatable bonds is 4. The molecule has 5 nitrogen and oxygen atoms in total. The Kier molecular flexibility index (Phi) is 4.15. The average molecular weight is 250 g/mol. The maximum atomic E-state index is 11.3. The number of anilines is 1. The number of nitrogens with one attached hydrogen (secondary N) is 1. The molecule has 2 rings (SSSR count). The topological polar surface area (TPSA) is 71.5 Å². The highest BCUT2D eigenvalue weighted by Crippen LogP contribution is 2.25. The predicted octanol–water partition coefficient (Wildman–Crippen LogP) is 1.44. The Balaban J connectivity index is 1.95. The van der Waals surface area contributed by atoms with Gasteiger partial charge in [0.2, 0.25) is 0 Å². The minimum atomic E-state index is -0.445. The zero-order valence-electron chi connectivity index (χ0n) is 10.4. The third kappa shape index (κ3) is 2.98. The smallest absolute Gasteiger partial charge is 0.356 e. The first-order valence-electron chi connectivity index (χ1n) is 6.17. The Bertz CT molecular complexity index is 422. The summed E-state index contributed by atoms with van der Waals surface area (Å²) >= 11 is 0. The summed E-state index contributed by atoms with van der Waals surface area (Å²) in [4.78, 5) is 15.3. The highest BCUT2D eigenvalue weighted by atomic mass is 16.5. The fraction of sp³-hybridized carbons (Fsp3) is 0.538. The van der Waals surface area contributed by atoms with Gasteiger partial charge in [-0.15, -0.1) is 0 Å². The number of pyridine rings is 1. The Morgan fingerprint density at radius 3 is 3.11 bits per heavy atom. The third-order valence-electron chi connectivity index (χ3n) is 3.34. The standard InChI is InChI=1S/C13H18N2O3/c1-18-13(17)11-7-10(5-6-14-11)15-8-9-3-2-4-12(9)16/h5-7,9,12,16H,2-4,8H2,1H3,(H,14,15). The SMILES string of the molecule is COC(=O)c1cc(NCC2CCCC2O)ccn1. The van der Waals surface area contributed by atoms with E-state index in [9.17, 15) is 9.90 Å². The number of nitrogens with zero attached hydrogens (tertiary/aromatic N) is 1. The largest absolute Gasteiger partial charge is 0.464 e. The number of aromatic nitrogens is 1. The van der Waals surface area contributed by atoms with Gasteiger partial charge in [0.05, 0.1) is 13.2 Å². The van der Waals surface area contributed by atoms with E-state index < -0.39 is 5.97 Å². The number of aliphatic hydroxyl groups excluding tert-OH is 1. The lowest BCUT2D eigenvalue weighted by Crippen LogP contribution is -2.22. The molecule has 0 saturated heterocycles.